The van der Waals surface area contributed by atoms with E-state index in [2.05, 4.69) is 0 Å². The second kappa shape index (κ2) is 10.9. The second-order valence-electron chi connectivity index (χ2n) is 7.52. The van der Waals surface area contributed by atoms with Crippen LogP contribution in [0.1, 0.15) is 84.9 Å². The molecule has 0 saturated heterocycles. The van der Waals surface area contributed by atoms with E-state index in [-0.39, 0.29) is 52.9 Å². The SMILES string of the molecule is O=C(OC1CCCCC1)c1ccc(C(=O)OC2CCCCC2)c(S(=O)(=O)O)c1.[Na]. The number of benzene rings is 1. The van der Waals surface area contributed by atoms with Gasteiger partial charge in [-0.15, -0.1) is 0 Å². The first kappa shape index (κ1) is 24.3. The van der Waals surface area contributed by atoms with Gasteiger partial charge in [-0.3, -0.25) is 4.55 Å². The van der Waals surface area contributed by atoms with E-state index in [1.54, 1.807) is 0 Å². The molecule has 0 spiro atoms. The van der Waals surface area contributed by atoms with Crippen LogP contribution in [0.3, 0.4) is 0 Å². The maximum atomic E-state index is 12.5. The van der Waals surface area contributed by atoms with Crippen molar-refractivity contribution < 1.29 is 32.0 Å². The Morgan fingerprint density at radius 3 is 1.79 bits per heavy atom. The maximum Gasteiger partial charge on any atom is 0.339 e. The molecular weight excluding hydrogens is 407 g/mol. The van der Waals surface area contributed by atoms with E-state index in [0.29, 0.717) is 0 Å². The number of hydrogen-bond donors (Lipinski definition) is 1. The average molecular weight is 433 g/mol. The summed E-state index contributed by atoms with van der Waals surface area (Å²) in [6.07, 6.45) is 8.66. The standard InChI is InChI=1S/C20H26O7S.Na/c21-19(26-15-7-3-1-4-8-15)14-11-12-17(18(13-14)28(23,24)25)20(22)27-16-9-5-2-6-10-16;/h11-13,15-16H,1-10H2,(H,23,24,25);. The molecule has 3 rings (SSSR count). The molecular formula is C20H26NaO7S. The van der Waals surface area contributed by atoms with E-state index in [0.717, 1.165) is 70.3 Å². The Labute approximate surface area is 193 Å². The van der Waals surface area contributed by atoms with Gasteiger partial charge >= 0.3 is 11.9 Å². The minimum absolute atomic E-state index is 0. The Morgan fingerprint density at radius 2 is 1.31 bits per heavy atom. The van der Waals surface area contributed by atoms with Crippen molar-refractivity contribution in [1.82, 2.24) is 0 Å². The minimum atomic E-state index is -4.72. The van der Waals surface area contributed by atoms with Gasteiger partial charge in [0.15, 0.2) is 0 Å². The fraction of sp³-hybridized carbons (Fsp3) is 0.600. The molecule has 2 aliphatic rings. The Morgan fingerprint density at radius 1 is 0.828 bits per heavy atom. The topological polar surface area (TPSA) is 107 Å². The van der Waals surface area contributed by atoms with Gasteiger partial charge in [-0.05, 0) is 69.6 Å². The zero-order valence-electron chi connectivity index (χ0n) is 16.8. The van der Waals surface area contributed by atoms with Crippen LogP contribution in [0.15, 0.2) is 23.1 Å². The van der Waals surface area contributed by atoms with Gasteiger partial charge in [-0.2, -0.15) is 8.42 Å². The molecule has 9 heteroatoms. The minimum Gasteiger partial charge on any atom is -0.459 e. The van der Waals surface area contributed by atoms with Crippen molar-refractivity contribution in [1.29, 1.82) is 0 Å². The molecule has 0 atom stereocenters. The van der Waals surface area contributed by atoms with Crippen molar-refractivity contribution in [2.45, 2.75) is 81.3 Å². The molecule has 1 aromatic carbocycles. The summed E-state index contributed by atoms with van der Waals surface area (Å²) in [5.74, 6) is -1.48. The van der Waals surface area contributed by atoms with Gasteiger partial charge in [0.1, 0.15) is 17.1 Å². The molecule has 0 amide bonds. The van der Waals surface area contributed by atoms with Gasteiger partial charge in [-0.1, -0.05) is 12.8 Å². The molecule has 0 heterocycles. The molecule has 2 aliphatic carbocycles. The summed E-state index contributed by atoms with van der Waals surface area (Å²) in [6.45, 7) is 0. The summed E-state index contributed by atoms with van der Waals surface area (Å²) in [6, 6.07) is 3.51. The molecule has 1 N–H and O–H groups in total. The Kier molecular flexibility index (Phi) is 9.15. The molecule has 0 aliphatic heterocycles. The monoisotopic (exact) mass is 433 g/mol. The van der Waals surface area contributed by atoms with Gasteiger partial charge in [0.2, 0.25) is 0 Å². The van der Waals surface area contributed by atoms with Crippen LogP contribution < -0.4 is 0 Å². The second-order valence-corrected chi connectivity index (χ2v) is 8.91. The number of ether oxygens (including phenoxy) is 2. The zero-order chi connectivity index (χ0) is 20.1. The first-order valence-corrected chi connectivity index (χ1v) is 11.3. The van der Waals surface area contributed by atoms with Crippen molar-refractivity contribution in [3.05, 3.63) is 29.3 Å². The first-order chi connectivity index (χ1) is 13.3. The molecule has 2 fully saturated rings. The fourth-order valence-corrected chi connectivity index (χ4v) is 4.54. The van der Waals surface area contributed by atoms with Gasteiger partial charge < -0.3 is 9.47 Å². The van der Waals surface area contributed by atoms with Crippen molar-refractivity contribution in [2.75, 3.05) is 0 Å². The molecule has 7 nitrogen and oxygen atoms in total. The third-order valence-corrected chi connectivity index (χ3v) is 6.26. The molecule has 0 aromatic heterocycles. The summed E-state index contributed by atoms with van der Waals surface area (Å²) in [5.41, 5.74) is -0.297. The van der Waals surface area contributed by atoms with Gasteiger partial charge in [-0.25, -0.2) is 9.59 Å². The third kappa shape index (κ3) is 6.79. The molecule has 29 heavy (non-hydrogen) atoms. The number of carbonyl (C=O) groups is 2. The maximum absolute atomic E-state index is 12.5. The van der Waals surface area contributed by atoms with Crippen molar-refractivity contribution in [3.8, 4) is 0 Å². The van der Waals surface area contributed by atoms with Crippen LogP contribution >= 0.6 is 0 Å². The van der Waals surface area contributed by atoms with Gasteiger partial charge in [0.05, 0.1) is 11.1 Å². The molecule has 0 bridgehead atoms. The number of hydrogen-bond acceptors (Lipinski definition) is 6. The van der Waals surface area contributed by atoms with Crippen LogP contribution in [0.5, 0.6) is 0 Å². The van der Waals surface area contributed by atoms with Crippen LogP contribution in [0.4, 0.5) is 0 Å². The van der Waals surface area contributed by atoms with Crippen LogP contribution in [0, 0.1) is 0 Å². The summed E-state index contributed by atoms with van der Waals surface area (Å²) in [4.78, 5) is 24.2. The molecule has 1 radical (unpaired) electrons. The number of carbonyl (C=O) groups excluding carboxylic acids is 2. The summed E-state index contributed by atoms with van der Waals surface area (Å²) < 4.78 is 44.0. The first-order valence-electron chi connectivity index (χ1n) is 9.88. The molecule has 155 valence electrons. The van der Waals surface area contributed by atoms with E-state index < -0.39 is 27.0 Å². The van der Waals surface area contributed by atoms with Crippen LogP contribution in [-0.2, 0) is 19.6 Å². The number of rotatable bonds is 5. The predicted molar refractivity (Wildman–Crippen MR) is 107 cm³/mol. The third-order valence-electron chi connectivity index (χ3n) is 5.37. The predicted octanol–water partition coefficient (Wildman–Crippen LogP) is 3.53. The zero-order valence-corrected chi connectivity index (χ0v) is 19.6. The quantitative estimate of drug-likeness (QED) is 0.430. The number of esters is 2. The van der Waals surface area contributed by atoms with E-state index in [1.807, 2.05) is 0 Å². The molecule has 0 unspecified atom stereocenters. The smallest absolute Gasteiger partial charge is 0.339 e. The summed E-state index contributed by atoms with van der Waals surface area (Å²) in [7, 11) is -4.72. The normalized spacial score (nSPS) is 18.5. The largest absolute Gasteiger partial charge is 0.459 e. The fourth-order valence-electron chi connectivity index (χ4n) is 3.83. The van der Waals surface area contributed by atoms with E-state index in [9.17, 15) is 22.6 Å². The van der Waals surface area contributed by atoms with E-state index in [1.165, 1.54) is 12.1 Å². The van der Waals surface area contributed by atoms with Crippen LogP contribution in [0.2, 0.25) is 0 Å². The Hall–Kier alpha value is -0.930. The summed E-state index contributed by atoms with van der Waals surface area (Å²) in [5, 5.41) is 0. The van der Waals surface area contributed by atoms with E-state index in [4.69, 9.17) is 9.47 Å². The van der Waals surface area contributed by atoms with Crippen molar-refractivity contribution >= 4 is 51.6 Å². The summed E-state index contributed by atoms with van der Waals surface area (Å²) >= 11 is 0. The van der Waals surface area contributed by atoms with Crippen molar-refractivity contribution in [2.24, 2.45) is 0 Å². The molecule has 2 saturated carbocycles. The van der Waals surface area contributed by atoms with Gasteiger partial charge in [0, 0.05) is 29.6 Å². The van der Waals surface area contributed by atoms with Crippen LogP contribution in [0.25, 0.3) is 0 Å². The van der Waals surface area contributed by atoms with Gasteiger partial charge in [0.25, 0.3) is 10.1 Å². The Bertz CT molecular complexity index is 825. The average Bonchev–Trinajstić information content (AvgIpc) is 2.68. The van der Waals surface area contributed by atoms with Crippen LogP contribution in [-0.4, -0.2) is 66.7 Å². The Balaban J connectivity index is 0.00000300. The molecule has 1 aromatic rings. The van der Waals surface area contributed by atoms with Crippen molar-refractivity contribution in [3.63, 3.8) is 0 Å². The van der Waals surface area contributed by atoms with E-state index >= 15 is 0 Å².